The summed E-state index contributed by atoms with van der Waals surface area (Å²) in [5.41, 5.74) is 2.41. The van der Waals surface area contributed by atoms with Crippen LogP contribution in [-0.2, 0) is 16.1 Å². The lowest BCUT2D eigenvalue weighted by Crippen LogP contribution is -2.46. The van der Waals surface area contributed by atoms with Crippen LogP contribution < -0.4 is 20.3 Å². The van der Waals surface area contributed by atoms with E-state index in [9.17, 15) is 14.4 Å². The molecule has 1 aromatic rings. The molecule has 2 N–H and O–H groups in total. The highest BCUT2D eigenvalue weighted by Crippen LogP contribution is 2.37. The van der Waals surface area contributed by atoms with Gasteiger partial charge in [-0.1, -0.05) is 0 Å². The van der Waals surface area contributed by atoms with Crippen LogP contribution in [0.25, 0.3) is 0 Å². The van der Waals surface area contributed by atoms with Crippen molar-refractivity contribution < 1.29 is 19.1 Å². The predicted molar refractivity (Wildman–Crippen MR) is 101 cm³/mol. The average Bonchev–Trinajstić information content (AvgIpc) is 3.03. The van der Waals surface area contributed by atoms with E-state index >= 15 is 0 Å². The molecule has 3 rings (SSSR count). The number of piperazine rings is 1. The van der Waals surface area contributed by atoms with Crippen LogP contribution in [0.4, 0.5) is 5.69 Å². The first-order valence-electron chi connectivity index (χ1n) is 9.23. The Hall–Kier alpha value is -2.61. The van der Waals surface area contributed by atoms with Gasteiger partial charge >= 0.3 is 0 Å². The second-order valence-electron chi connectivity index (χ2n) is 6.73. The lowest BCUT2D eigenvalue weighted by molar-refractivity contribution is -0.125. The number of nitrogens with one attached hydrogen (secondary N) is 2. The van der Waals surface area contributed by atoms with Crippen LogP contribution in [-0.4, -0.2) is 69.4 Å². The van der Waals surface area contributed by atoms with Crippen LogP contribution in [0.3, 0.4) is 0 Å². The molecular weight excluding hydrogens is 348 g/mol. The molecule has 27 heavy (non-hydrogen) atoms. The molecule has 1 aromatic carbocycles. The molecule has 8 heteroatoms. The maximum atomic E-state index is 13.0. The number of anilines is 1. The zero-order valence-electron chi connectivity index (χ0n) is 15.8. The summed E-state index contributed by atoms with van der Waals surface area (Å²) in [6.07, 6.45) is 1.31. The quantitative estimate of drug-likeness (QED) is 0.661. The number of likely N-dealkylation sites (N-methyl/N-ethyl adjacent to an activating group) is 1. The molecular formula is C19H26N4O4. The van der Waals surface area contributed by atoms with Crippen molar-refractivity contribution in [2.75, 3.05) is 45.2 Å². The molecule has 1 fully saturated rings. The van der Waals surface area contributed by atoms with E-state index in [2.05, 4.69) is 15.5 Å². The van der Waals surface area contributed by atoms with Crippen molar-refractivity contribution in [1.82, 2.24) is 15.5 Å². The maximum absolute atomic E-state index is 13.0. The summed E-state index contributed by atoms with van der Waals surface area (Å²) in [5.74, 6) is 0.206. The summed E-state index contributed by atoms with van der Waals surface area (Å²) in [6, 6.07) is 3.11. The smallest absolute Gasteiger partial charge is 0.255 e. The fourth-order valence-electron chi connectivity index (χ4n) is 3.74. The van der Waals surface area contributed by atoms with E-state index in [-0.39, 0.29) is 18.2 Å². The average molecular weight is 374 g/mol. The second-order valence-corrected chi connectivity index (χ2v) is 6.73. The molecule has 0 aliphatic carbocycles. The normalized spacial score (nSPS) is 17.5. The van der Waals surface area contributed by atoms with Crippen molar-refractivity contribution in [3.8, 4) is 5.75 Å². The van der Waals surface area contributed by atoms with Crippen molar-refractivity contribution in [2.45, 2.75) is 25.4 Å². The molecule has 8 nitrogen and oxygen atoms in total. The monoisotopic (exact) mass is 374 g/mol. The van der Waals surface area contributed by atoms with Gasteiger partial charge in [-0.25, -0.2) is 0 Å². The number of amides is 2. The minimum absolute atomic E-state index is 0.199. The van der Waals surface area contributed by atoms with E-state index in [0.29, 0.717) is 24.3 Å². The predicted octanol–water partition coefficient (Wildman–Crippen LogP) is 0.154. The summed E-state index contributed by atoms with van der Waals surface area (Å²) in [5, 5.41) is 5.92. The highest BCUT2D eigenvalue weighted by molar-refractivity contribution is 6.02. The van der Waals surface area contributed by atoms with Crippen LogP contribution in [0, 0.1) is 0 Å². The van der Waals surface area contributed by atoms with Gasteiger partial charge < -0.3 is 30.0 Å². The van der Waals surface area contributed by atoms with Crippen molar-refractivity contribution in [3.63, 3.8) is 0 Å². The Morgan fingerprint density at radius 3 is 2.74 bits per heavy atom. The van der Waals surface area contributed by atoms with Gasteiger partial charge in [-0.3, -0.25) is 9.59 Å². The summed E-state index contributed by atoms with van der Waals surface area (Å²) < 4.78 is 5.54. The number of benzene rings is 1. The van der Waals surface area contributed by atoms with Gasteiger partial charge in [-0.05, 0) is 24.1 Å². The fraction of sp³-hybridized carbons (Fsp3) is 0.526. The van der Waals surface area contributed by atoms with E-state index in [1.807, 2.05) is 6.07 Å². The van der Waals surface area contributed by atoms with E-state index in [1.165, 1.54) is 7.05 Å². The lowest BCUT2D eigenvalue weighted by Gasteiger charge is -2.31. The molecule has 2 amide bonds. The molecule has 0 aromatic heterocycles. The number of nitrogens with zero attached hydrogens (tertiary/aromatic N) is 2. The Morgan fingerprint density at radius 2 is 2.11 bits per heavy atom. The Kier molecular flexibility index (Phi) is 5.95. The third-order valence-corrected chi connectivity index (χ3v) is 5.18. The number of rotatable bonds is 7. The first kappa shape index (κ1) is 19.2. The minimum atomic E-state index is -0.659. The first-order valence-corrected chi connectivity index (χ1v) is 9.23. The number of fused-ring (bicyclic) bond motifs is 1. The number of aldehydes is 1. The molecule has 0 spiro atoms. The van der Waals surface area contributed by atoms with Crippen LogP contribution in [0.15, 0.2) is 12.1 Å². The third kappa shape index (κ3) is 3.75. The van der Waals surface area contributed by atoms with Crippen LogP contribution in [0.5, 0.6) is 5.75 Å². The summed E-state index contributed by atoms with van der Waals surface area (Å²) in [6.45, 7) is 3.89. The lowest BCUT2D eigenvalue weighted by atomic mass is 10.1. The van der Waals surface area contributed by atoms with Crippen molar-refractivity contribution >= 4 is 23.8 Å². The molecule has 0 radical (unpaired) electrons. The van der Waals surface area contributed by atoms with Gasteiger partial charge in [0.2, 0.25) is 5.91 Å². The summed E-state index contributed by atoms with van der Waals surface area (Å²) >= 11 is 0. The van der Waals surface area contributed by atoms with Gasteiger partial charge in [-0.2, -0.15) is 0 Å². The van der Waals surface area contributed by atoms with Gasteiger partial charge in [0.25, 0.3) is 5.91 Å². The number of ether oxygens (including phenoxy) is 1. The molecule has 0 unspecified atom stereocenters. The number of carbonyl (C=O) groups is 3. The molecule has 2 heterocycles. The maximum Gasteiger partial charge on any atom is 0.255 e. The Morgan fingerprint density at radius 1 is 1.37 bits per heavy atom. The van der Waals surface area contributed by atoms with E-state index < -0.39 is 6.04 Å². The SMILES string of the molecule is CNC(=O)[C@H](CCC=O)N1Cc2cc(N3CCNCC3)c(OC)cc2C1=O. The van der Waals surface area contributed by atoms with Gasteiger partial charge in [0, 0.05) is 51.8 Å². The van der Waals surface area contributed by atoms with E-state index in [0.717, 1.165) is 43.7 Å². The molecule has 2 aliphatic heterocycles. The molecule has 0 saturated carbocycles. The molecule has 0 bridgehead atoms. The fourth-order valence-corrected chi connectivity index (χ4v) is 3.74. The zero-order valence-corrected chi connectivity index (χ0v) is 15.8. The number of hydrogen-bond acceptors (Lipinski definition) is 6. The van der Waals surface area contributed by atoms with Crippen LogP contribution in [0.2, 0.25) is 0 Å². The van der Waals surface area contributed by atoms with E-state index in [4.69, 9.17) is 4.74 Å². The van der Waals surface area contributed by atoms with Gasteiger partial charge in [0.15, 0.2) is 0 Å². The number of hydrogen-bond donors (Lipinski definition) is 2. The number of carbonyl (C=O) groups excluding carboxylic acids is 3. The van der Waals surface area contributed by atoms with Crippen LogP contribution in [0.1, 0.15) is 28.8 Å². The molecule has 1 atom stereocenters. The van der Waals surface area contributed by atoms with Crippen LogP contribution >= 0.6 is 0 Å². The number of methoxy groups -OCH3 is 1. The third-order valence-electron chi connectivity index (χ3n) is 5.18. The van der Waals surface area contributed by atoms with Gasteiger partial charge in [0.1, 0.15) is 18.1 Å². The highest BCUT2D eigenvalue weighted by atomic mass is 16.5. The molecule has 1 saturated heterocycles. The first-order chi connectivity index (χ1) is 13.1. The Balaban J connectivity index is 1.91. The van der Waals surface area contributed by atoms with Crippen molar-refractivity contribution in [3.05, 3.63) is 23.3 Å². The Labute approximate surface area is 158 Å². The standard InChI is InChI=1S/C19H26N4O4/c1-20-18(25)15(4-3-9-24)23-12-13-10-16(22-7-5-21-6-8-22)17(27-2)11-14(13)19(23)26/h9-11,15,21H,3-8,12H2,1-2H3,(H,20,25)/t15-/m0/s1. The van der Waals surface area contributed by atoms with Gasteiger partial charge in [-0.15, -0.1) is 0 Å². The molecule has 2 aliphatic rings. The Bertz CT molecular complexity index is 731. The van der Waals surface area contributed by atoms with Crippen molar-refractivity contribution in [2.24, 2.45) is 0 Å². The summed E-state index contributed by atoms with van der Waals surface area (Å²) in [7, 11) is 3.14. The molecule has 146 valence electrons. The topological polar surface area (TPSA) is 91.0 Å². The van der Waals surface area contributed by atoms with Gasteiger partial charge in [0.05, 0.1) is 12.8 Å². The second kappa shape index (κ2) is 8.39. The minimum Gasteiger partial charge on any atom is -0.495 e. The van der Waals surface area contributed by atoms with Crippen molar-refractivity contribution in [1.29, 1.82) is 0 Å². The summed E-state index contributed by atoms with van der Waals surface area (Å²) in [4.78, 5) is 39.8. The van der Waals surface area contributed by atoms with E-state index in [1.54, 1.807) is 18.1 Å². The highest BCUT2D eigenvalue weighted by Gasteiger charge is 2.37. The largest absolute Gasteiger partial charge is 0.495 e. The zero-order chi connectivity index (χ0) is 19.4.